The highest BCUT2D eigenvalue weighted by Crippen LogP contribution is 2.25. The number of hydrogen-bond donors (Lipinski definition) is 0. The van der Waals surface area contributed by atoms with Gasteiger partial charge in [0.05, 0.1) is 0 Å². The van der Waals surface area contributed by atoms with E-state index in [1.54, 1.807) is 12.1 Å². The number of fused-ring (bicyclic) bond motifs is 1. The topological polar surface area (TPSA) is 26.0 Å². The highest BCUT2D eigenvalue weighted by molar-refractivity contribution is 6.31. The van der Waals surface area contributed by atoms with Gasteiger partial charge in [0.15, 0.2) is 5.58 Å². The van der Waals surface area contributed by atoms with E-state index in [4.69, 9.17) is 16.0 Å². The minimum atomic E-state index is 0.603. The Morgan fingerprint density at radius 2 is 1.94 bits per heavy atom. The Hall–Kier alpha value is -1.80. The Bertz CT molecular complexity index is 631. The summed E-state index contributed by atoms with van der Waals surface area (Å²) >= 11 is 5.88. The standard InChI is InChI=1S/C13H7ClNO/c14-10-6-7-11-12(8-10)16-13(15-11)9-4-2-1-3-5-9/h2-8H. The lowest BCUT2D eigenvalue weighted by atomic mass is 10.2. The molecule has 1 heterocycles. The van der Waals surface area contributed by atoms with E-state index in [-0.39, 0.29) is 0 Å². The third-order valence-corrected chi connectivity index (χ3v) is 2.55. The Kier molecular flexibility index (Phi) is 2.15. The fraction of sp³-hybridized carbons (Fsp3) is 0. The van der Waals surface area contributed by atoms with Gasteiger partial charge >= 0.3 is 0 Å². The predicted molar refractivity (Wildman–Crippen MR) is 63.3 cm³/mol. The van der Waals surface area contributed by atoms with Gasteiger partial charge in [-0.1, -0.05) is 23.7 Å². The summed E-state index contributed by atoms with van der Waals surface area (Å²) in [7, 11) is 0. The molecular weight excluding hydrogens is 222 g/mol. The van der Waals surface area contributed by atoms with Gasteiger partial charge in [-0.25, -0.2) is 4.98 Å². The van der Waals surface area contributed by atoms with Crippen molar-refractivity contribution < 1.29 is 4.42 Å². The van der Waals surface area contributed by atoms with Crippen LogP contribution in [-0.4, -0.2) is 4.98 Å². The molecule has 0 spiro atoms. The summed E-state index contributed by atoms with van der Waals surface area (Å²) in [6.45, 7) is 0. The summed E-state index contributed by atoms with van der Waals surface area (Å²) in [5, 5.41) is 0.650. The van der Waals surface area contributed by atoms with Crippen LogP contribution < -0.4 is 0 Å². The quantitative estimate of drug-likeness (QED) is 0.630. The zero-order valence-corrected chi connectivity index (χ0v) is 9.03. The Morgan fingerprint density at radius 3 is 2.75 bits per heavy atom. The van der Waals surface area contributed by atoms with Gasteiger partial charge in [0.25, 0.3) is 0 Å². The van der Waals surface area contributed by atoms with E-state index in [0.717, 1.165) is 11.1 Å². The molecule has 1 aromatic heterocycles. The summed E-state index contributed by atoms with van der Waals surface area (Å²) in [4.78, 5) is 4.38. The SMILES string of the molecule is Clc1ccc2nc(-c3cc[c]cc3)oc2c1. The first-order valence-electron chi connectivity index (χ1n) is 4.85. The zero-order valence-electron chi connectivity index (χ0n) is 8.27. The molecule has 0 saturated heterocycles. The van der Waals surface area contributed by atoms with Crippen molar-refractivity contribution in [3.05, 3.63) is 53.6 Å². The average molecular weight is 229 g/mol. The van der Waals surface area contributed by atoms with Crippen LogP contribution in [0.1, 0.15) is 0 Å². The molecule has 16 heavy (non-hydrogen) atoms. The number of hydrogen-bond acceptors (Lipinski definition) is 2. The highest BCUT2D eigenvalue weighted by Gasteiger charge is 2.07. The van der Waals surface area contributed by atoms with Crippen LogP contribution in [0.4, 0.5) is 0 Å². The minimum absolute atomic E-state index is 0.603. The maximum absolute atomic E-state index is 5.88. The lowest BCUT2D eigenvalue weighted by Crippen LogP contribution is -1.74. The van der Waals surface area contributed by atoms with Gasteiger partial charge in [-0.2, -0.15) is 0 Å². The van der Waals surface area contributed by atoms with Crippen molar-refractivity contribution >= 4 is 22.7 Å². The molecule has 2 nitrogen and oxygen atoms in total. The molecule has 0 saturated carbocycles. The van der Waals surface area contributed by atoms with Gasteiger partial charge in [-0.05, 0) is 30.3 Å². The number of rotatable bonds is 1. The van der Waals surface area contributed by atoms with Crippen LogP contribution in [0.3, 0.4) is 0 Å². The molecule has 1 radical (unpaired) electrons. The fourth-order valence-electron chi connectivity index (χ4n) is 1.55. The van der Waals surface area contributed by atoms with Crippen LogP contribution >= 0.6 is 11.6 Å². The summed E-state index contributed by atoms with van der Waals surface area (Å²) in [6.07, 6.45) is 0. The third kappa shape index (κ3) is 1.57. The maximum Gasteiger partial charge on any atom is 0.227 e. The summed E-state index contributed by atoms with van der Waals surface area (Å²) < 4.78 is 5.63. The molecule has 0 aliphatic heterocycles. The Morgan fingerprint density at radius 1 is 1.12 bits per heavy atom. The van der Waals surface area contributed by atoms with Crippen LogP contribution in [0, 0.1) is 6.07 Å². The highest BCUT2D eigenvalue weighted by atomic mass is 35.5. The maximum atomic E-state index is 5.88. The summed E-state index contributed by atoms with van der Waals surface area (Å²) in [6, 6.07) is 15.8. The molecule has 0 unspecified atom stereocenters. The molecule has 3 rings (SSSR count). The second-order valence-corrected chi connectivity index (χ2v) is 3.86. The van der Waals surface area contributed by atoms with Crippen molar-refractivity contribution in [2.45, 2.75) is 0 Å². The number of oxazole rings is 1. The molecule has 0 aliphatic carbocycles. The largest absolute Gasteiger partial charge is 0.436 e. The van der Waals surface area contributed by atoms with Crippen LogP contribution in [0.5, 0.6) is 0 Å². The van der Waals surface area contributed by atoms with E-state index in [1.165, 1.54) is 0 Å². The summed E-state index contributed by atoms with van der Waals surface area (Å²) in [5.41, 5.74) is 2.45. The number of halogens is 1. The molecule has 0 N–H and O–H groups in total. The predicted octanol–water partition coefficient (Wildman–Crippen LogP) is 3.95. The zero-order chi connectivity index (χ0) is 11.0. The monoisotopic (exact) mass is 228 g/mol. The second kappa shape index (κ2) is 3.65. The van der Waals surface area contributed by atoms with Gasteiger partial charge < -0.3 is 4.42 Å². The first kappa shape index (κ1) is 9.43. The number of aromatic nitrogens is 1. The molecule has 77 valence electrons. The molecule has 0 atom stereocenters. The van der Waals surface area contributed by atoms with Crippen molar-refractivity contribution in [2.24, 2.45) is 0 Å². The van der Waals surface area contributed by atoms with Crippen LogP contribution in [-0.2, 0) is 0 Å². The fourth-order valence-corrected chi connectivity index (χ4v) is 1.71. The molecule has 0 bridgehead atoms. The normalized spacial score (nSPS) is 10.8. The Balaban J connectivity index is 2.19. The van der Waals surface area contributed by atoms with E-state index >= 15 is 0 Å². The smallest absolute Gasteiger partial charge is 0.227 e. The third-order valence-electron chi connectivity index (χ3n) is 2.32. The first-order chi connectivity index (χ1) is 7.83. The number of nitrogens with zero attached hydrogens (tertiary/aromatic N) is 1. The lowest BCUT2D eigenvalue weighted by Gasteiger charge is -1.91. The van der Waals surface area contributed by atoms with Crippen molar-refractivity contribution in [1.29, 1.82) is 0 Å². The van der Waals surface area contributed by atoms with E-state index in [1.807, 2.05) is 30.3 Å². The van der Waals surface area contributed by atoms with Crippen molar-refractivity contribution in [2.75, 3.05) is 0 Å². The van der Waals surface area contributed by atoms with Crippen molar-refractivity contribution in [3.8, 4) is 11.5 Å². The van der Waals surface area contributed by atoms with E-state index in [0.29, 0.717) is 16.5 Å². The van der Waals surface area contributed by atoms with Gasteiger partial charge in [0.2, 0.25) is 5.89 Å². The first-order valence-corrected chi connectivity index (χ1v) is 5.23. The minimum Gasteiger partial charge on any atom is -0.436 e. The van der Waals surface area contributed by atoms with Crippen molar-refractivity contribution in [3.63, 3.8) is 0 Å². The Labute approximate surface area is 97.5 Å². The molecule has 0 aliphatic rings. The molecule has 3 aromatic rings. The van der Waals surface area contributed by atoms with E-state index in [2.05, 4.69) is 11.1 Å². The van der Waals surface area contributed by atoms with E-state index < -0.39 is 0 Å². The number of benzene rings is 2. The average Bonchev–Trinajstić information content (AvgIpc) is 2.73. The van der Waals surface area contributed by atoms with Gasteiger partial charge in [0, 0.05) is 16.7 Å². The molecule has 3 heteroatoms. The van der Waals surface area contributed by atoms with Crippen LogP contribution in [0.25, 0.3) is 22.6 Å². The molecule has 0 fully saturated rings. The van der Waals surface area contributed by atoms with Gasteiger partial charge in [0.1, 0.15) is 5.52 Å². The summed E-state index contributed by atoms with van der Waals surface area (Å²) in [5.74, 6) is 0.603. The lowest BCUT2D eigenvalue weighted by molar-refractivity contribution is 0.620. The molecule has 2 aromatic carbocycles. The van der Waals surface area contributed by atoms with E-state index in [9.17, 15) is 0 Å². The van der Waals surface area contributed by atoms with Gasteiger partial charge in [-0.15, -0.1) is 0 Å². The van der Waals surface area contributed by atoms with Gasteiger partial charge in [-0.3, -0.25) is 0 Å². The van der Waals surface area contributed by atoms with Crippen LogP contribution in [0.15, 0.2) is 46.9 Å². The van der Waals surface area contributed by atoms with Crippen molar-refractivity contribution in [1.82, 2.24) is 4.98 Å². The molecule has 0 amide bonds. The second-order valence-electron chi connectivity index (χ2n) is 3.42. The van der Waals surface area contributed by atoms with Crippen LogP contribution in [0.2, 0.25) is 5.02 Å². The molecular formula is C13H7ClNO.